The first-order valence-electron chi connectivity index (χ1n) is 13.4. The van der Waals surface area contributed by atoms with Crippen LogP contribution in [-0.2, 0) is 0 Å². The first kappa shape index (κ1) is 24.3. The van der Waals surface area contributed by atoms with Crippen LogP contribution in [0, 0.1) is 6.57 Å². The van der Waals surface area contributed by atoms with Crippen LogP contribution in [0.2, 0.25) is 0 Å². The van der Waals surface area contributed by atoms with Crippen molar-refractivity contribution in [3.8, 4) is 11.1 Å². The highest BCUT2D eigenvalue weighted by Gasteiger charge is 2.41. The van der Waals surface area contributed by atoms with E-state index >= 15 is 0 Å². The van der Waals surface area contributed by atoms with E-state index in [0.29, 0.717) is 5.69 Å². The first-order valence-corrected chi connectivity index (χ1v) is 16.2. The number of nitrogens with zero attached hydrogens (tertiary/aromatic N) is 1. The largest absolute Gasteiger partial charge is 0.238 e. The maximum absolute atomic E-state index is 7.52. The van der Waals surface area contributed by atoms with E-state index in [1.54, 1.807) is 0 Å². The Morgan fingerprint density at radius 3 is 1.75 bits per heavy atom. The molecule has 0 saturated heterocycles. The minimum absolute atomic E-state index is 0.660. The van der Waals surface area contributed by atoms with Gasteiger partial charge >= 0.3 is 0 Å². The lowest BCUT2D eigenvalue weighted by Gasteiger charge is -2.35. The SMILES string of the molecule is [C-]#[N+]c1cccc(-c2cccc([Si](c3ccccc3)(c3ccccc3)c3ccc4sc5ccccc5c4c3)c2)c1. The zero-order valence-electron chi connectivity index (χ0n) is 21.8. The molecule has 0 N–H and O–H groups in total. The molecule has 0 aliphatic carbocycles. The zero-order valence-corrected chi connectivity index (χ0v) is 23.6. The Bertz CT molecular complexity index is 1980. The molecule has 0 saturated carbocycles. The van der Waals surface area contributed by atoms with Gasteiger partial charge in [0.1, 0.15) is 0 Å². The summed E-state index contributed by atoms with van der Waals surface area (Å²) in [6, 6.07) is 55.0. The van der Waals surface area contributed by atoms with Crippen LogP contribution in [0.1, 0.15) is 0 Å². The molecule has 1 aromatic heterocycles. The molecule has 7 aromatic rings. The van der Waals surface area contributed by atoms with Crippen molar-refractivity contribution in [2.75, 3.05) is 0 Å². The highest BCUT2D eigenvalue weighted by molar-refractivity contribution is 7.26. The van der Waals surface area contributed by atoms with Gasteiger partial charge in [0.05, 0.1) is 6.57 Å². The number of fused-ring (bicyclic) bond motifs is 3. The third kappa shape index (κ3) is 3.98. The second kappa shape index (κ2) is 10.1. The molecule has 6 aromatic carbocycles. The highest BCUT2D eigenvalue weighted by atomic mass is 32.1. The Hall–Kier alpha value is -4.75. The van der Waals surface area contributed by atoms with Crippen molar-refractivity contribution in [3.63, 3.8) is 0 Å². The Kier molecular flexibility index (Phi) is 6.13. The molecule has 0 bridgehead atoms. The molecule has 40 heavy (non-hydrogen) atoms. The Morgan fingerprint density at radius 1 is 0.450 bits per heavy atom. The van der Waals surface area contributed by atoms with Crippen molar-refractivity contribution >= 4 is 66.0 Å². The fraction of sp³-hybridized carbons (Fsp3) is 0. The molecular formula is C37H25NSSi. The molecular weight excluding hydrogens is 519 g/mol. The van der Waals surface area contributed by atoms with Crippen molar-refractivity contribution in [3.05, 3.63) is 163 Å². The van der Waals surface area contributed by atoms with Crippen molar-refractivity contribution in [2.24, 2.45) is 0 Å². The van der Waals surface area contributed by atoms with E-state index < -0.39 is 8.07 Å². The molecule has 0 unspecified atom stereocenters. The standard InChI is InChI=1S/C37H25NSSi/c1-38-29-14-10-12-27(24-29)28-13-11-19-32(25-28)40(30-15-4-2-5-16-30,31-17-6-3-7-18-31)33-22-23-37-35(26-33)34-20-8-9-21-36(34)39-37/h2-26H. The summed E-state index contributed by atoms with van der Waals surface area (Å²) in [7, 11) is -2.72. The molecule has 0 fully saturated rings. The number of benzene rings is 6. The zero-order chi connectivity index (χ0) is 26.9. The normalized spacial score (nSPS) is 11.5. The van der Waals surface area contributed by atoms with Gasteiger partial charge in [0.2, 0.25) is 0 Å². The highest BCUT2D eigenvalue weighted by Crippen LogP contribution is 2.33. The second-order valence-corrected chi connectivity index (χ2v) is 14.9. The summed E-state index contributed by atoms with van der Waals surface area (Å²) in [5, 5.41) is 8.04. The van der Waals surface area contributed by atoms with Crippen molar-refractivity contribution in [1.29, 1.82) is 0 Å². The third-order valence-corrected chi connectivity index (χ3v) is 13.7. The summed E-state index contributed by atoms with van der Waals surface area (Å²) in [6.07, 6.45) is 0. The van der Waals surface area contributed by atoms with Crippen molar-refractivity contribution in [1.82, 2.24) is 0 Å². The fourth-order valence-corrected chi connectivity index (χ4v) is 11.9. The molecule has 0 aliphatic rings. The summed E-state index contributed by atoms with van der Waals surface area (Å²) in [5.41, 5.74) is 2.86. The monoisotopic (exact) mass is 543 g/mol. The van der Waals surface area contributed by atoms with Crippen LogP contribution in [0.3, 0.4) is 0 Å². The molecule has 0 amide bonds. The van der Waals surface area contributed by atoms with E-state index in [4.69, 9.17) is 6.57 Å². The van der Waals surface area contributed by atoms with E-state index in [1.165, 1.54) is 40.9 Å². The number of thiophene rings is 1. The average Bonchev–Trinajstić information content (AvgIpc) is 3.41. The lowest BCUT2D eigenvalue weighted by molar-refractivity contribution is 1.63. The van der Waals surface area contributed by atoms with Crippen LogP contribution >= 0.6 is 11.3 Å². The summed E-state index contributed by atoms with van der Waals surface area (Å²) in [6.45, 7) is 7.52. The summed E-state index contributed by atoms with van der Waals surface area (Å²) >= 11 is 1.86. The van der Waals surface area contributed by atoms with Gasteiger partial charge in [-0.15, -0.1) is 11.3 Å². The summed E-state index contributed by atoms with van der Waals surface area (Å²) in [5.74, 6) is 0. The van der Waals surface area contributed by atoms with Crippen LogP contribution in [0.25, 0.3) is 36.1 Å². The van der Waals surface area contributed by atoms with Gasteiger partial charge in [0, 0.05) is 20.2 Å². The minimum Gasteiger partial charge on any atom is -0.238 e. The van der Waals surface area contributed by atoms with E-state index in [1.807, 2.05) is 29.5 Å². The predicted octanol–water partition coefficient (Wildman–Crippen LogP) is 7.65. The molecule has 1 heterocycles. The van der Waals surface area contributed by atoms with E-state index in [0.717, 1.165) is 11.1 Å². The van der Waals surface area contributed by atoms with E-state index in [2.05, 4.69) is 138 Å². The lowest BCUT2D eigenvalue weighted by Crippen LogP contribution is -2.74. The molecule has 0 radical (unpaired) electrons. The van der Waals surface area contributed by atoms with Gasteiger partial charge in [-0.1, -0.05) is 133 Å². The summed E-state index contributed by atoms with van der Waals surface area (Å²) in [4.78, 5) is 3.68. The van der Waals surface area contributed by atoms with Gasteiger partial charge < -0.3 is 0 Å². The first-order chi connectivity index (χ1) is 19.8. The van der Waals surface area contributed by atoms with Gasteiger partial charge in [-0.3, -0.25) is 0 Å². The number of hydrogen-bond acceptors (Lipinski definition) is 1. The van der Waals surface area contributed by atoms with Gasteiger partial charge in [-0.2, -0.15) is 0 Å². The second-order valence-electron chi connectivity index (χ2n) is 10.0. The van der Waals surface area contributed by atoms with Crippen molar-refractivity contribution in [2.45, 2.75) is 0 Å². The van der Waals surface area contributed by atoms with Gasteiger partial charge in [0.25, 0.3) is 0 Å². The molecule has 0 spiro atoms. The topological polar surface area (TPSA) is 4.36 Å². The van der Waals surface area contributed by atoms with E-state index in [9.17, 15) is 0 Å². The lowest BCUT2D eigenvalue weighted by atomic mass is 10.1. The minimum atomic E-state index is -2.72. The molecule has 7 rings (SSSR count). The molecule has 3 heteroatoms. The molecule has 1 nitrogen and oxygen atoms in total. The van der Waals surface area contributed by atoms with Gasteiger partial charge in [-0.25, -0.2) is 4.85 Å². The molecule has 188 valence electrons. The van der Waals surface area contributed by atoms with Crippen LogP contribution in [-0.4, -0.2) is 8.07 Å². The molecule has 0 aliphatic heterocycles. The van der Waals surface area contributed by atoms with Crippen LogP contribution in [0.4, 0.5) is 5.69 Å². The predicted molar refractivity (Wildman–Crippen MR) is 175 cm³/mol. The quantitative estimate of drug-likeness (QED) is 0.119. The van der Waals surface area contributed by atoms with Gasteiger partial charge in [0.15, 0.2) is 13.8 Å². The Morgan fingerprint density at radius 2 is 1.02 bits per heavy atom. The van der Waals surface area contributed by atoms with E-state index in [-0.39, 0.29) is 0 Å². The van der Waals surface area contributed by atoms with Crippen molar-refractivity contribution < 1.29 is 0 Å². The van der Waals surface area contributed by atoms with Crippen LogP contribution in [0.5, 0.6) is 0 Å². The van der Waals surface area contributed by atoms with Gasteiger partial charge in [-0.05, 0) is 50.1 Å². The average molecular weight is 544 g/mol. The molecule has 0 atom stereocenters. The smallest absolute Gasteiger partial charge is 0.187 e. The third-order valence-electron chi connectivity index (χ3n) is 7.83. The fourth-order valence-electron chi connectivity index (χ4n) is 6.02. The summed E-state index contributed by atoms with van der Waals surface area (Å²) < 4.78 is 2.64. The van der Waals surface area contributed by atoms with Crippen LogP contribution < -0.4 is 20.7 Å². The maximum atomic E-state index is 7.52. The number of hydrogen-bond donors (Lipinski definition) is 0. The number of rotatable bonds is 5. The Labute approximate surface area is 239 Å². The van der Waals surface area contributed by atoms with Crippen LogP contribution in [0.15, 0.2) is 152 Å². The maximum Gasteiger partial charge on any atom is 0.187 e. The Balaban J connectivity index is 1.57.